The highest BCUT2D eigenvalue weighted by molar-refractivity contribution is 14.1. The fourth-order valence-electron chi connectivity index (χ4n) is 1.34. The normalized spacial score (nSPS) is 11.4. The lowest BCUT2D eigenvalue weighted by Crippen LogP contribution is -2.23. The van der Waals surface area contributed by atoms with Gasteiger partial charge in [0.25, 0.3) is 0 Å². The maximum absolute atomic E-state index is 12.0. The van der Waals surface area contributed by atoms with Gasteiger partial charge in [-0.2, -0.15) is 0 Å². The van der Waals surface area contributed by atoms with E-state index < -0.39 is 16.0 Å². The van der Waals surface area contributed by atoms with E-state index in [4.69, 9.17) is 5.11 Å². The van der Waals surface area contributed by atoms with Crippen molar-refractivity contribution < 1.29 is 18.3 Å². The summed E-state index contributed by atoms with van der Waals surface area (Å²) in [4.78, 5) is 14.6. The van der Waals surface area contributed by atoms with E-state index in [2.05, 4.69) is 32.3 Å². The van der Waals surface area contributed by atoms with Crippen LogP contribution in [0, 0.1) is 3.57 Å². The Morgan fingerprint density at radius 2 is 2.00 bits per heavy atom. The van der Waals surface area contributed by atoms with Crippen molar-refractivity contribution in [2.75, 3.05) is 0 Å². The summed E-state index contributed by atoms with van der Waals surface area (Å²) in [5.41, 5.74) is -0.0848. The molecule has 0 radical (unpaired) electrons. The van der Waals surface area contributed by atoms with Crippen molar-refractivity contribution >= 4 is 49.9 Å². The van der Waals surface area contributed by atoms with Gasteiger partial charge in [0.2, 0.25) is 10.0 Å². The number of nitrogens with zero attached hydrogens (tertiary/aromatic N) is 1. The van der Waals surface area contributed by atoms with Crippen LogP contribution >= 0.6 is 33.9 Å². The number of aromatic nitrogens is 1. The number of carbonyl (C=O) groups is 1. The standard InChI is InChI=1S/C11H9IN2O4S2/c12-7-1-3-8(4-2-7)20(17,18)13-5-10-14-9(6-19-10)11(15)16/h1-4,6,13H,5H2,(H,15,16). The van der Waals surface area contributed by atoms with Crippen LogP contribution in [0.4, 0.5) is 0 Å². The molecular weight excluding hydrogens is 415 g/mol. The Morgan fingerprint density at radius 3 is 2.55 bits per heavy atom. The lowest BCUT2D eigenvalue weighted by Gasteiger charge is -2.05. The van der Waals surface area contributed by atoms with E-state index in [1.807, 2.05) is 0 Å². The first-order valence-corrected chi connectivity index (χ1v) is 8.75. The van der Waals surface area contributed by atoms with Crippen molar-refractivity contribution in [3.8, 4) is 0 Å². The molecule has 1 heterocycles. The zero-order chi connectivity index (χ0) is 14.8. The molecule has 2 N–H and O–H groups in total. The zero-order valence-electron chi connectivity index (χ0n) is 9.91. The second-order valence-electron chi connectivity index (χ2n) is 3.71. The number of rotatable bonds is 5. The molecule has 0 saturated heterocycles. The van der Waals surface area contributed by atoms with Crippen LogP contribution < -0.4 is 4.72 Å². The molecule has 0 bridgehead atoms. The molecule has 6 nitrogen and oxygen atoms in total. The monoisotopic (exact) mass is 424 g/mol. The van der Waals surface area contributed by atoms with Crippen LogP contribution in [0.5, 0.6) is 0 Å². The number of aromatic carboxylic acids is 1. The molecule has 2 rings (SSSR count). The lowest BCUT2D eigenvalue weighted by atomic mass is 10.4. The van der Waals surface area contributed by atoms with Gasteiger partial charge in [-0.25, -0.2) is 22.9 Å². The Kier molecular flexibility index (Phi) is 4.73. The molecule has 0 amide bonds. The summed E-state index contributed by atoms with van der Waals surface area (Å²) in [7, 11) is -3.62. The van der Waals surface area contributed by atoms with Crippen molar-refractivity contribution in [1.29, 1.82) is 0 Å². The molecule has 0 aliphatic rings. The van der Waals surface area contributed by atoms with Crippen LogP contribution in [-0.4, -0.2) is 24.5 Å². The summed E-state index contributed by atoms with van der Waals surface area (Å²) in [6.07, 6.45) is 0. The van der Waals surface area contributed by atoms with Crippen LogP contribution in [0.25, 0.3) is 0 Å². The third-order valence-electron chi connectivity index (χ3n) is 2.31. The van der Waals surface area contributed by atoms with E-state index in [9.17, 15) is 13.2 Å². The van der Waals surface area contributed by atoms with Crippen LogP contribution in [0.15, 0.2) is 34.5 Å². The van der Waals surface area contributed by atoms with Crippen molar-refractivity contribution in [2.24, 2.45) is 0 Å². The Labute approximate surface area is 133 Å². The van der Waals surface area contributed by atoms with E-state index in [1.165, 1.54) is 17.5 Å². The van der Waals surface area contributed by atoms with Gasteiger partial charge in [0, 0.05) is 8.95 Å². The summed E-state index contributed by atoms with van der Waals surface area (Å²) >= 11 is 3.18. The predicted octanol–water partition coefficient (Wildman–Crippen LogP) is 1.92. The topological polar surface area (TPSA) is 96.4 Å². The maximum atomic E-state index is 12.0. The highest BCUT2D eigenvalue weighted by Crippen LogP contribution is 2.14. The highest BCUT2D eigenvalue weighted by Gasteiger charge is 2.15. The summed E-state index contributed by atoms with van der Waals surface area (Å²) in [5.74, 6) is -1.13. The maximum Gasteiger partial charge on any atom is 0.355 e. The minimum atomic E-state index is -3.62. The number of nitrogens with one attached hydrogen (secondary N) is 1. The molecule has 0 unspecified atom stereocenters. The quantitative estimate of drug-likeness (QED) is 0.716. The van der Waals surface area contributed by atoms with Crippen molar-refractivity contribution in [2.45, 2.75) is 11.4 Å². The van der Waals surface area contributed by atoms with Crippen LogP contribution in [0.1, 0.15) is 15.5 Å². The SMILES string of the molecule is O=C(O)c1csc(CNS(=O)(=O)c2ccc(I)cc2)n1. The van der Waals surface area contributed by atoms with Gasteiger partial charge in [-0.3, -0.25) is 0 Å². The minimum absolute atomic E-state index is 0.0354. The Morgan fingerprint density at radius 1 is 1.35 bits per heavy atom. The van der Waals surface area contributed by atoms with Gasteiger partial charge < -0.3 is 5.11 Å². The van der Waals surface area contributed by atoms with Gasteiger partial charge in [-0.05, 0) is 46.9 Å². The number of sulfonamides is 1. The van der Waals surface area contributed by atoms with Crippen LogP contribution in [-0.2, 0) is 16.6 Å². The van der Waals surface area contributed by atoms with E-state index in [1.54, 1.807) is 12.1 Å². The highest BCUT2D eigenvalue weighted by atomic mass is 127. The van der Waals surface area contributed by atoms with Crippen molar-refractivity contribution in [3.63, 3.8) is 0 Å². The van der Waals surface area contributed by atoms with Crippen LogP contribution in [0.2, 0.25) is 0 Å². The Balaban J connectivity index is 2.08. The van der Waals surface area contributed by atoms with Gasteiger partial charge in [-0.1, -0.05) is 0 Å². The number of carboxylic acid groups (broad SMARTS) is 1. The van der Waals surface area contributed by atoms with Gasteiger partial charge in [0.15, 0.2) is 5.69 Å². The second kappa shape index (κ2) is 6.16. The van der Waals surface area contributed by atoms with E-state index in [-0.39, 0.29) is 17.1 Å². The molecule has 9 heteroatoms. The van der Waals surface area contributed by atoms with E-state index in [0.717, 1.165) is 14.9 Å². The van der Waals surface area contributed by atoms with Gasteiger partial charge in [-0.15, -0.1) is 11.3 Å². The summed E-state index contributed by atoms with van der Waals surface area (Å²) in [6, 6.07) is 6.41. The summed E-state index contributed by atoms with van der Waals surface area (Å²) < 4.78 is 27.3. The zero-order valence-corrected chi connectivity index (χ0v) is 13.7. The number of carboxylic acids is 1. The first kappa shape index (κ1) is 15.4. The third-order valence-corrected chi connectivity index (χ3v) is 5.29. The molecule has 20 heavy (non-hydrogen) atoms. The fourth-order valence-corrected chi connectivity index (χ4v) is 3.49. The molecule has 0 atom stereocenters. The van der Waals surface area contributed by atoms with Crippen molar-refractivity contribution in [3.05, 3.63) is 43.9 Å². The molecule has 0 saturated carbocycles. The Bertz CT molecular complexity index is 725. The molecule has 2 aromatic rings. The van der Waals surface area contributed by atoms with E-state index >= 15 is 0 Å². The third kappa shape index (κ3) is 3.75. The predicted molar refractivity (Wildman–Crippen MR) is 82.3 cm³/mol. The molecule has 0 spiro atoms. The van der Waals surface area contributed by atoms with Crippen LogP contribution in [0.3, 0.4) is 0 Å². The molecule has 1 aromatic carbocycles. The number of benzene rings is 1. The molecule has 0 fully saturated rings. The smallest absolute Gasteiger partial charge is 0.355 e. The van der Waals surface area contributed by atoms with Crippen molar-refractivity contribution in [1.82, 2.24) is 9.71 Å². The second-order valence-corrected chi connectivity index (χ2v) is 7.67. The minimum Gasteiger partial charge on any atom is -0.476 e. The van der Waals surface area contributed by atoms with E-state index in [0.29, 0.717) is 5.01 Å². The number of halogens is 1. The first-order valence-electron chi connectivity index (χ1n) is 5.31. The summed E-state index contributed by atoms with van der Waals surface area (Å²) in [5, 5.41) is 10.5. The fraction of sp³-hybridized carbons (Fsp3) is 0.0909. The molecular formula is C11H9IN2O4S2. The number of hydrogen-bond acceptors (Lipinski definition) is 5. The average Bonchev–Trinajstić information content (AvgIpc) is 2.86. The molecule has 1 aromatic heterocycles. The van der Waals surface area contributed by atoms with Gasteiger partial charge in [0.1, 0.15) is 5.01 Å². The molecule has 0 aliphatic carbocycles. The number of thiazole rings is 1. The first-order chi connectivity index (χ1) is 9.38. The average molecular weight is 424 g/mol. The van der Waals surface area contributed by atoms with Gasteiger partial charge >= 0.3 is 5.97 Å². The largest absolute Gasteiger partial charge is 0.476 e. The molecule has 106 valence electrons. The number of hydrogen-bond donors (Lipinski definition) is 2. The van der Waals surface area contributed by atoms with Gasteiger partial charge in [0.05, 0.1) is 11.4 Å². The summed E-state index contributed by atoms with van der Waals surface area (Å²) in [6.45, 7) is -0.0354. The lowest BCUT2D eigenvalue weighted by molar-refractivity contribution is 0.0691. The molecule has 0 aliphatic heterocycles. The Hall–Kier alpha value is -1.04.